The number of hydrogen-bond acceptors (Lipinski definition) is 5. The Balaban J connectivity index is 3.48. The second kappa shape index (κ2) is 4.77. The van der Waals surface area contributed by atoms with E-state index in [4.69, 9.17) is 16.7 Å². The van der Waals surface area contributed by atoms with E-state index in [-0.39, 0.29) is 5.02 Å². The quantitative estimate of drug-likeness (QED) is 0.647. The topological polar surface area (TPSA) is 97.5 Å². The monoisotopic (exact) mass is 265 g/mol. The third-order valence-electron chi connectivity index (χ3n) is 1.81. The zero-order chi connectivity index (χ0) is 12.3. The van der Waals surface area contributed by atoms with E-state index >= 15 is 0 Å². The lowest BCUT2D eigenvalue weighted by Crippen LogP contribution is -2.12. The summed E-state index contributed by atoms with van der Waals surface area (Å²) in [5.41, 5.74) is -0.582. The van der Waals surface area contributed by atoms with Crippen molar-refractivity contribution in [3.8, 4) is 0 Å². The number of hydrogen-bond donors (Lipinski definition) is 1. The number of aliphatic hydroxyl groups excluding tert-OH is 1. The van der Waals surface area contributed by atoms with Crippen molar-refractivity contribution in [3.05, 3.63) is 33.3 Å². The maximum absolute atomic E-state index is 11.6. The van der Waals surface area contributed by atoms with Gasteiger partial charge in [0.05, 0.1) is 22.3 Å². The normalized spacial score (nSPS) is 11.4. The lowest BCUT2D eigenvalue weighted by atomic mass is 10.3. The van der Waals surface area contributed by atoms with Crippen LogP contribution in [0.3, 0.4) is 0 Å². The summed E-state index contributed by atoms with van der Waals surface area (Å²) in [6, 6.07) is 3.59. The number of sulfone groups is 1. The van der Waals surface area contributed by atoms with Crippen LogP contribution in [0.1, 0.15) is 0 Å². The van der Waals surface area contributed by atoms with Crippen molar-refractivity contribution in [3.63, 3.8) is 0 Å². The predicted molar refractivity (Wildman–Crippen MR) is 57.2 cm³/mol. The standard InChI is InChI=1S/C8H8ClNO5S/c9-6-2-1-3-7(10(12)13)8(6)16(14,15)5-4-11/h1-3,11H,4-5H2. The van der Waals surface area contributed by atoms with Gasteiger partial charge in [0.1, 0.15) is 0 Å². The number of halogens is 1. The number of rotatable bonds is 4. The van der Waals surface area contributed by atoms with Gasteiger partial charge in [-0.25, -0.2) is 8.42 Å². The Labute approximate surface area is 96.5 Å². The molecule has 0 aliphatic carbocycles. The number of aliphatic hydroxyl groups is 1. The molecular weight excluding hydrogens is 258 g/mol. The first-order valence-corrected chi connectivity index (χ1v) is 6.19. The van der Waals surface area contributed by atoms with Crippen LogP contribution in [0.25, 0.3) is 0 Å². The van der Waals surface area contributed by atoms with Crippen molar-refractivity contribution in [2.45, 2.75) is 4.90 Å². The molecule has 0 saturated heterocycles. The van der Waals surface area contributed by atoms with E-state index < -0.39 is 37.7 Å². The Morgan fingerprint density at radius 1 is 1.44 bits per heavy atom. The molecule has 88 valence electrons. The zero-order valence-corrected chi connectivity index (χ0v) is 9.53. The number of nitro benzene ring substituents is 1. The van der Waals surface area contributed by atoms with Crippen LogP contribution in [0.4, 0.5) is 5.69 Å². The van der Waals surface area contributed by atoms with Gasteiger partial charge >= 0.3 is 0 Å². The van der Waals surface area contributed by atoms with Gasteiger partial charge in [0.15, 0.2) is 14.7 Å². The summed E-state index contributed by atoms with van der Waals surface area (Å²) >= 11 is 5.63. The maximum atomic E-state index is 11.6. The van der Waals surface area contributed by atoms with Gasteiger partial charge in [0.2, 0.25) is 0 Å². The minimum absolute atomic E-state index is 0.220. The number of benzene rings is 1. The van der Waals surface area contributed by atoms with Crippen LogP contribution in [0.5, 0.6) is 0 Å². The van der Waals surface area contributed by atoms with Gasteiger partial charge in [0, 0.05) is 6.07 Å². The highest BCUT2D eigenvalue weighted by Crippen LogP contribution is 2.31. The van der Waals surface area contributed by atoms with E-state index in [9.17, 15) is 18.5 Å². The highest BCUT2D eigenvalue weighted by molar-refractivity contribution is 7.91. The molecule has 0 aliphatic heterocycles. The predicted octanol–water partition coefficient (Wildman–Crippen LogP) is 1.01. The average Bonchev–Trinajstić information content (AvgIpc) is 2.16. The van der Waals surface area contributed by atoms with Crippen LogP contribution in [0.2, 0.25) is 5.02 Å². The lowest BCUT2D eigenvalue weighted by molar-refractivity contribution is -0.387. The van der Waals surface area contributed by atoms with Crippen molar-refractivity contribution in [1.29, 1.82) is 0 Å². The van der Waals surface area contributed by atoms with Gasteiger partial charge in [-0.3, -0.25) is 10.1 Å². The summed E-state index contributed by atoms with van der Waals surface area (Å²) in [4.78, 5) is 9.28. The van der Waals surface area contributed by atoms with E-state index in [2.05, 4.69) is 0 Å². The molecule has 0 bridgehead atoms. The average molecular weight is 266 g/mol. The molecule has 16 heavy (non-hydrogen) atoms. The van der Waals surface area contributed by atoms with Gasteiger partial charge in [0.25, 0.3) is 5.69 Å². The minimum Gasteiger partial charge on any atom is -0.395 e. The molecule has 8 heteroatoms. The molecule has 1 aromatic rings. The lowest BCUT2D eigenvalue weighted by Gasteiger charge is -2.05. The van der Waals surface area contributed by atoms with Crippen LogP contribution in [0.15, 0.2) is 23.1 Å². The van der Waals surface area contributed by atoms with Crippen molar-refractivity contribution in [2.24, 2.45) is 0 Å². The van der Waals surface area contributed by atoms with Gasteiger partial charge < -0.3 is 5.11 Å². The molecule has 6 nitrogen and oxygen atoms in total. The van der Waals surface area contributed by atoms with Crippen molar-refractivity contribution in [1.82, 2.24) is 0 Å². The third-order valence-corrected chi connectivity index (χ3v) is 4.01. The summed E-state index contributed by atoms with van der Waals surface area (Å²) in [5, 5.41) is 19.0. The van der Waals surface area contributed by atoms with Crippen LogP contribution >= 0.6 is 11.6 Å². The second-order valence-corrected chi connectivity index (χ2v) is 5.34. The van der Waals surface area contributed by atoms with Gasteiger partial charge in [-0.15, -0.1) is 0 Å². The Bertz CT molecular complexity index is 513. The molecule has 0 aliphatic rings. The first-order chi connectivity index (χ1) is 7.40. The van der Waals surface area contributed by atoms with Crippen molar-refractivity contribution >= 4 is 27.1 Å². The van der Waals surface area contributed by atoms with Crippen LogP contribution in [-0.4, -0.2) is 30.8 Å². The van der Waals surface area contributed by atoms with E-state index in [0.29, 0.717) is 0 Å². The number of nitrogens with zero attached hydrogens (tertiary/aromatic N) is 1. The molecule has 1 N–H and O–H groups in total. The van der Waals surface area contributed by atoms with Crippen molar-refractivity contribution in [2.75, 3.05) is 12.4 Å². The fraction of sp³-hybridized carbons (Fsp3) is 0.250. The summed E-state index contributed by atoms with van der Waals surface area (Å²) < 4.78 is 23.3. The Morgan fingerprint density at radius 2 is 2.06 bits per heavy atom. The fourth-order valence-electron chi connectivity index (χ4n) is 1.17. The molecule has 0 fully saturated rings. The van der Waals surface area contributed by atoms with E-state index in [0.717, 1.165) is 6.07 Å². The molecule has 0 saturated carbocycles. The molecule has 0 spiro atoms. The second-order valence-electron chi connectivity index (χ2n) is 2.89. The third kappa shape index (κ3) is 2.49. The van der Waals surface area contributed by atoms with Gasteiger partial charge in [-0.1, -0.05) is 17.7 Å². The van der Waals surface area contributed by atoms with Crippen LogP contribution in [0, 0.1) is 10.1 Å². The highest BCUT2D eigenvalue weighted by atomic mass is 35.5. The fourth-order valence-corrected chi connectivity index (χ4v) is 2.96. The zero-order valence-electron chi connectivity index (χ0n) is 7.96. The SMILES string of the molecule is O=[N+]([O-])c1cccc(Cl)c1S(=O)(=O)CCO. The smallest absolute Gasteiger partial charge is 0.289 e. The van der Waals surface area contributed by atoms with Crippen molar-refractivity contribution < 1.29 is 18.4 Å². The summed E-state index contributed by atoms with van der Waals surface area (Å²) in [6.45, 7) is -0.620. The summed E-state index contributed by atoms with van der Waals surface area (Å²) in [5.74, 6) is -0.600. The first kappa shape index (κ1) is 12.9. The summed E-state index contributed by atoms with van der Waals surface area (Å²) in [7, 11) is -3.94. The van der Waals surface area contributed by atoms with E-state index in [1.165, 1.54) is 12.1 Å². The first-order valence-electron chi connectivity index (χ1n) is 4.16. The molecule has 0 atom stereocenters. The molecule has 0 heterocycles. The maximum Gasteiger partial charge on any atom is 0.289 e. The molecule has 0 unspecified atom stereocenters. The molecule has 1 aromatic carbocycles. The van der Waals surface area contributed by atoms with Gasteiger partial charge in [-0.2, -0.15) is 0 Å². The Kier molecular flexibility index (Phi) is 3.84. The minimum atomic E-state index is -3.94. The molecule has 0 aromatic heterocycles. The molecule has 0 amide bonds. The largest absolute Gasteiger partial charge is 0.395 e. The molecular formula is C8H8ClNO5S. The van der Waals surface area contributed by atoms with E-state index in [1.54, 1.807) is 0 Å². The molecule has 0 radical (unpaired) electrons. The Morgan fingerprint density at radius 3 is 2.56 bits per heavy atom. The van der Waals surface area contributed by atoms with Crippen LogP contribution < -0.4 is 0 Å². The highest BCUT2D eigenvalue weighted by Gasteiger charge is 2.28. The van der Waals surface area contributed by atoms with E-state index in [1.807, 2.05) is 0 Å². The van der Waals surface area contributed by atoms with Gasteiger partial charge in [-0.05, 0) is 6.07 Å². The Hall–Kier alpha value is -1.18. The summed E-state index contributed by atoms with van der Waals surface area (Å²) in [6.07, 6.45) is 0. The number of nitro groups is 1. The molecule has 1 rings (SSSR count). The van der Waals surface area contributed by atoms with Crippen LogP contribution in [-0.2, 0) is 9.84 Å².